The summed E-state index contributed by atoms with van der Waals surface area (Å²) < 4.78 is 39.8. The first-order valence-electron chi connectivity index (χ1n) is 8.18. The van der Waals surface area contributed by atoms with Gasteiger partial charge in [-0.3, -0.25) is 4.72 Å². The van der Waals surface area contributed by atoms with Gasteiger partial charge in [-0.15, -0.1) is 0 Å². The van der Waals surface area contributed by atoms with Crippen molar-refractivity contribution in [3.63, 3.8) is 0 Å². The summed E-state index contributed by atoms with van der Waals surface area (Å²) in [7, 11) is -2.58. The van der Waals surface area contributed by atoms with Crippen molar-refractivity contribution in [2.45, 2.75) is 11.5 Å². The highest BCUT2D eigenvalue weighted by molar-refractivity contribution is 9.10. The maximum atomic E-state index is 12.9. The van der Waals surface area contributed by atoms with E-state index in [1.165, 1.54) is 19.4 Å². The fraction of sp³-hybridized carbons (Fsp3) is 0.105. The van der Waals surface area contributed by atoms with E-state index in [0.717, 1.165) is 5.56 Å². The molecule has 6 nitrogen and oxygen atoms in total. The van der Waals surface area contributed by atoms with Crippen LogP contribution in [0.5, 0.6) is 11.5 Å². The van der Waals surface area contributed by atoms with Crippen LogP contribution in [-0.4, -0.2) is 20.5 Å². The number of pyridine rings is 1. The molecule has 0 saturated carbocycles. The standard InChI is InChI=1S/C19H15BrCl2N2O4S/c1-27-16-7-5-13(20)10-18(16)29(25,26)24-19-17(3-2-8-23-19)28-11-12-4-6-14(21)15(22)9-12/h2-10H,11H2,1H3,(H,23,24). The molecule has 0 fully saturated rings. The molecular weight excluding hydrogens is 503 g/mol. The molecular formula is C19H15BrCl2N2O4S. The van der Waals surface area contributed by atoms with Crippen LogP contribution in [0.4, 0.5) is 5.82 Å². The second-order valence-corrected chi connectivity index (χ2v) is 9.17. The number of halogens is 3. The summed E-state index contributed by atoms with van der Waals surface area (Å²) in [5.74, 6) is 0.514. The normalized spacial score (nSPS) is 11.2. The fourth-order valence-electron chi connectivity index (χ4n) is 2.42. The zero-order valence-corrected chi connectivity index (χ0v) is 18.9. The fourth-order valence-corrected chi connectivity index (χ4v) is 4.47. The van der Waals surface area contributed by atoms with Crippen molar-refractivity contribution < 1.29 is 17.9 Å². The van der Waals surface area contributed by atoms with E-state index in [-0.39, 0.29) is 28.8 Å². The quantitative estimate of drug-likeness (QED) is 0.445. The van der Waals surface area contributed by atoms with E-state index in [9.17, 15) is 8.42 Å². The van der Waals surface area contributed by atoms with Crippen molar-refractivity contribution in [1.29, 1.82) is 0 Å². The summed E-state index contributed by atoms with van der Waals surface area (Å²) in [6, 6.07) is 13.0. The number of rotatable bonds is 7. The Balaban J connectivity index is 1.85. The highest BCUT2D eigenvalue weighted by Gasteiger charge is 2.22. The molecule has 0 saturated heterocycles. The summed E-state index contributed by atoms with van der Waals surface area (Å²) in [6.07, 6.45) is 1.46. The Labute approximate surface area is 187 Å². The van der Waals surface area contributed by atoms with E-state index in [0.29, 0.717) is 14.5 Å². The molecule has 1 N–H and O–H groups in total. The molecule has 0 radical (unpaired) electrons. The Hall–Kier alpha value is -2.00. The van der Waals surface area contributed by atoms with Gasteiger partial charge in [-0.1, -0.05) is 45.2 Å². The van der Waals surface area contributed by atoms with Crippen LogP contribution in [0.2, 0.25) is 10.0 Å². The lowest BCUT2D eigenvalue weighted by Crippen LogP contribution is -2.16. The summed E-state index contributed by atoms with van der Waals surface area (Å²) in [5.41, 5.74) is 0.769. The van der Waals surface area contributed by atoms with Gasteiger partial charge >= 0.3 is 0 Å². The lowest BCUT2D eigenvalue weighted by Gasteiger charge is -2.14. The summed E-state index contributed by atoms with van der Waals surface area (Å²) >= 11 is 15.2. The lowest BCUT2D eigenvalue weighted by atomic mass is 10.2. The van der Waals surface area contributed by atoms with Crippen molar-refractivity contribution in [3.8, 4) is 11.5 Å². The predicted molar refractivity (Wildman–Crippen MR) is 117 cm³/mol. The Morgan fingerprint density at radius 3 is 2.59 bits per heavy atom. The van der Waals surface area contributed by atoms with E-state index in [4.69, 9.17) is 32.7 Å². The van der Waals surface area contributed by atoms with E-state index in [1.807, 2.05) is 0 Å². The Morgan fingerprint density at radius 1 is 1.07 bits per heavy atom. The van der Waals surface area contributed by atoms with Crippen molar-refractivity contribution in [2.75, 3.05) is 11.8 Å². The van der Waals surface area contributed by atoms with Crippen LogP contribution in [0.15, 0.2) is 64.1 Å². The third kappa shape index (κ3) is 5.33. The SMILES string of the molecule is COc1ccc(Br)cc1S(=O)(=O)Nc1ncccc1OCc1ccc(Cl)c(Cl)c1. The van der Waals surface area contributed by atoms with E-state index < -0.39 is 10.0 Å². The molecule has 0 amide bonds. The highest BCUT2D eigenvalue weighted by Crippen LogP contribution is 2.31. The summed E-state index contributed by atoms with van der Waals surface area (Å²) in [4.78, 5) is 4.06. The molecule has 0 unspecified atom stereocenters. The first-order chi connectivity index (χ1) is 13.8. The molecule has 29 heavy (non-hydrogen) atoms. The van der Waals surface area contributed by atoms with Crippen molar-refractivity contribution in [3.05, 3.63) is 74.8 Å². The average molecular weight is 518 g/mol. The second-order valence-electron chi connectivity index (χ2n) is 5.79. The zero-order chi connectivity index (χ0) is 21.0. The Morgan fingerprint density at radius 2 is 1.86 bits per heavy atom. The van der Waals surface area contributed by atoms with Gasteiger partial charge in [0, 0.05) is 10.7 Å². The topological polar surface area (TPSA) is 77.5 Å². The molecule has 152 valence electrons. The van der Waals surface area contributed by atoms with Gasteiger partial charge in [0.1, 0.15) is 17.3 Å². The number of aromatic nitrogens is 1. The van der Waals surface area contributed by atoms with Crippen molar-refractivity contribution in [1.82, 2.24) is 4.98 Å². The predicted octanol–water partition coefficient (Wildman–Crippen LogP) is 5.54. The van der Waals surface area contributed by atoms with Gasteiger partial charge in [0.25, 0.3) is 10.0 Å². The molecule has 1 heterocycles. The van der Waals surface area contributed by atoms with Gasteiger partial charge in [-0.05, 0) is 48.0 Å². The van der Waals surface area contributed by atoms with Gasteiger partial charge in [0.05, 0.1) is 17.2 Å². The molecule has 3 rings (SSSR count). The lowest BCUT2D eigenvalue weighted by molar-refractivity contribution is 0.307. The summed E-state index contributed by atoms with van der Waals surface area (Å²) in [5, 5.41) is 0.842. The number of ether oxygens (including phenoxy) is 2. The molecule has 1 aromatic heterocycles. The van der Waals surface area contributed by atoms with Crippen LogP contribution in [0, 0.1) is 0 Å². The molecule has 3 aromatic rings. The first-order valence-corrected chi connectivity index (χ1v) is 11.2. The number of hydrogen-bond donors (Lipinski definition) is 1. The monoisotopic (exact) mass is 516 g/mol. The van der Waals surface area contributed by atoms with Crippen LogP contribution < -0.4 is 14.2 Å². The van der Waals surface area contributed by atoms with Gasteiger partial charge in [-0.25, -0.2) is 13.4 Å². The minimum Gasteiger partial charge on any atom is -0.495 e. The molecule has 0 spiro atoms. The Kier molecular flexibility index (Phi) is 6.89. The van der Waals surface area contributed by atoms with Crippen LogP contribution in [0.1, 0.15) is 5.56 Å². The van der Waals surface area contributed by atoms with Crippen LogP contribution in [0.25, 0.3) is 0 Å². The van der Waals surface area contributed by atoms with Gasteiger partial charge < -0.3 is 9.47 Å². The van der Waals surface area contributed by atoms with Crippen molar-refractivity contribution in [2.24, 2.45) is 0 Å². The maximum Gasteiger partial charge on any atom is 0.266 e. The number of sulfonamides is 1. The first kappa shape index (κ1) is 21.7. The number of methoxy groups -OCH3 is 1. The average Bonchev–Trinajstić information content (AvgIpc) is 2.69. The maximum absolute atomic E-state index is 12.9. The van der Waals surface area contributed by atoms with Crippen molar-refractivity contribution >= 4 is 55.0 Å². The molecule has 0 aliphatic carbocycles. The Bertz CT molecular complexity index is 1140. The minimum absolute atomic E-state index is 0.0320. The van der Waals surface area contributed by atoms with Gasteiger partial charge in [0.15, 0.2) is 11.6 Å². The number of nitrogens with one attached hydrogen (secondary N) is 1. The molecule has 10 heteroatoms. The summed E-state index contributed by atoms with van der Waals surface area (Å²) in [6.45, 7) is 0.150. The number of hydrogen-bond acceptors (Lipinski definition) is 5. The van der Waals surface area contributed by atoms with Crippen LogP contribution in [0.3, 0.4) is 0 Å². The molecule has 0 atom stereocenters. The second kappa shape index (κ2) is 9.21. The molecule has 0 aliphatic heterocycles. The number of benzene rings is 2. The smallest absolute Gasteiger partial charge is 0.266 e. The third-order valence-electron chi connectivity index (χ3n) is 3.80. The number of nitrogens with zero attached hydrogens (tertiary/aromatic N) is 1. The van der Waals surface area contributed by atoms with Gasteiger partial charge in [0.2, 0.25) is 0 Å². The molecule has 0 bridgehead atoms. The third-order valence-corrected chi connectivity index (χ3v) is 6.39. The highest BCUT2D eigenvalue weighted by atomic mass is 79.9. The van der Waals surface area contributed by atoms with E-state index >= 15 is 0 Å². The molecule has 0 aliphatic rings. The van der Waals surface area contributed by atoms with E-state index in [1.54, 1.807) is 42.5 Å². The van der Waals surface area contributed by atoms with Gasteiger partial charge in [-0.2, -0.15) is 0 Å². The zero-order valence-electron chi connectivity index (χ0n) is 15.0. The molecule has 2 aromatic carbocycles. The number of anilines is 1. The largest absolute Gasteiger partial charge is 0.495 e. The van der Waals surface area contributed by atoms with Crippen LogP contribution in [-0.2, 0) is 16.6 Å². The minimum atomic E-state index is -3.98. The van der Waals surface area contributed by atoms with Crippen LogP contribution >= 0.6 is 39.1 Å². The van der Waals surface area contributed by atoms with E-state index in [2.05, 4.69) is 25.6 Å².